The highest BCUT2D eigenvalue weighted by Gasteiger charge is 2.57. The van der Waals surface area contributed by atoms with E-state index in [-0.39, 0.29) is 12.7 Å². The maximum Gasteiger partial charge on any atom is 0.245 e. The fraction of sp³-hybridized carbons (Fsp3) is 0.480. The van der Waals surface area contributed by atoms with Gasteiger partial charge < -0.3 is 24.0 Å². The van der Waals surface area contributed by atoms with E-state index >= 15 is 0 Å². The maximum absolute atomic E-state index is 14.1. The molecule has 0 N–H and O–H groups in total. The van der Waals surface area contributed by atoms with Crippen LogP contribution in [0.15, 0.2) is 36.4 Å². The molecule has 0 saturated carbocycles. The lowest BCUT2D eigenvalue weighted by atomic mass is 9.77. The topological polar surface area (TPSA) is 51.2 Å². The maximum atomic E-state index is 14.1. The minimum atomic E-state index is -0.800. The van der Waals surface area contributed by atoms with E-state index in [1.165, 1.54) is 0 Å². The highest BCUT2D eigenvalue weighted by Crippen LogP contribution is 2.55. The van der Waals surface area contributed by atoms with Crippen molar-refractivity contribution in [2.75, 3.05) is 37.9 Å². The third-order valence-electron chi connectivity index (χ3n) is 7.46. The molecule has 1 unspecified atom stereocenters. The van der Waals surface area contributed by atoms with Gasteiger partial charge in [-0.2, -0.15) is 0 Å². The zero-order valence-corrected chi connectivity index (χ0v) is 18.1. The number of ether oxygens (including phenoxy) is 3. The number of benzene rings is 2. The second-order valence-electron chi connectivity index (χ2n) is 9.40. The predicted molar refractivity (Wildman–Crippen MR) is 117 cm³/mol. The summed E-state index contributed by atoms with van der Waals surface area (Å²) in [5.41, 5.74) is 2.16. The monoisotopic (exact) mass is 420 g/mol. The van der Waals surface area contributed by atoms with Crippen molar-refractivity contribution in [3.63, 3.8) is 0 Å². The molecule has 0 aliphatic carbocycles. The summed E-state index contributed by atoms with van der Waals surface area (Å²) >= 11 is 0. The zero-order chi connectivity index (χ0) is 21.2. The molecule has 4 aliphatic heterocycles. The van der Waals surface area contributed by atoms with E-state index < -0.39 is 5.41 Å². The molecule has 4 heterocycles. The summed E-state index contributed by atoms with van der Waals surface area (Å²) in [5.74, 6) is 2.73. The van der Waals surface area contributed by atoms with Crippen LogP contribution in [0.2, 0.25) is 0 Å². The Kier molecular flexibility index (Phi) is 4.22. The fourth-order valence-electron chi connectivity index (χ4n) is 5.66. The third-order valence-corrected chi connectivity index (χ3v) is 7.46. The average molecular weight is 421 g/mol. The quantitative estimate of drug-likeness (QED) is 0.760. The largest absolute Gasteiger partial charge is 0.491 e. The molecule has 1 amide bonds. The number of rotatable bonds is 3. The molecule has 1 fully saturated rings. The first-order chi connectivity index (χ1) is 15.1. The Hall–Kier alpha value is -2.73. The van der Waals surface area contributed by atoms with E-state index in [0.29, 0.717) is 30.1 Å². The number of carbonyl (C=O) groups is 1. The Morgan fingerprint density at radius 3 is 2.52 bits per heavy atom. The first-order valence-electron chi connectivity index (χ1n) is 11.3. The van der Waals surface area contributed by atoms with Crippen LogP contribution in [0.4, 0.5) is 5.69 Å². The lowest BCUT2D eigenvalue weighted by Crippen LogP contribution is -2.46. The molecule has 6 nitrogen and oxygen atoms in total. The van der Waals surface area contributed by atoms with Crippen molar-refractivity contribution in [3.05, 3.63) is 47.5 Å². The molecule has 2 aromatic rings. The van der Waals surface area contributed by atoms with E-state index in [4.69, 9.17) is 14.2 Å². The summed E-state index contributed by atoms with van der Waals surface area (Å²) in [6, 6.07) is 12.6. The normalized spacial score (nSPS) is 24.7. The molecular weight excluding hydrogens is 392 g/mol. The molecule has 6 rings (SSSR count). The molecule has 0 radical (unpaired) electrons. The first-order valence-corrected chi connectivity index (χ1v) is 11.3. The van der Waals surface area contributed by atoms with E-state index in [1.54, 1.807) is 0 Å². The number of carbonyl (C=O) groups excluding carboxylic acids is 1. The third kappa shape index (κ3) is 2.70. The number of fused-ring (bicyclic) bond motifs is 5. The van der Waals surface area contributed by atoms with E-state index in [1.807, 2.05) is 29.2 Å². The van der Waals surface area contributed by atoms with E-state index in [0.717, 1.165) is 55.0 Å². The molecule has 0 bridgehead atoms. The molecule has 31 heavy (non-hydrogen) atoms. The first kappa shape index (κ1) is 19.0. The summed E-state index contributed by atoms with van der Waals surface area (Å²) in [6.45, 7) is 8.02. The number of para-hydroxylation sites is 1. The molecule has 1 spiro atoms. The van der Waals surface area contributed by atoms with Crippen molar-refractivity contribution in [2.45, 2.75) is 38.1 Å². The van der Waals surface area contributed by atoms with Crippen molar-refractivity contribution < 1.29 is 19.0 Å². The highest BCUT2D eigenvalue weighted by molar-refractivity contribution is 6.11. The van der Waals surface area contributed by atoms with Crippen LogP contribution in [-0.2, 0) is 10.2 Å². The van der Waals surface area contributed by atoms with Crippen LogP contribution in [-0.4, -0.2) is 49.9 Å². The van der Waals surface area contributed by atoms with Crippen LogP contribution >= 0.6 is 0 Å². The van der Waals surface area contributed by atoms with Gasteiger partial charge in [-0.15, -0.1) is 0 Å². The SMILES string of the molecule is CC(C)N1CCC(CN2C(=O)C3(COc4cc5c(cc43)OCO5)c3ccccc32)CC1. The number of hydrogen-bond acceptors (Lipinski definition) is 5. The fourth-order valence-corrected chi connectivity index (χ4v) is 5.66. The molecule has 0 aromatic heterocycles. The number of hydrogen-bond donors (Lipinski definition) is 0. The van der Waals surface area contributed by atoms with Gasteiger partial charge in [-0.3, -0.25) is 4.79 Å². The summed E-state index contributed by atoms with van der Waals surface area (Å²) in [4.78, 5) is 18.6. The van der Waals surface area contributed by atoms with Crippen LogP contribution in [0.25, 0.3) is 0 Å². The molecule has 1 atom stereocenters. The van der Waals surface area contributed by atoms with Crippen molar-refractivity contribution >= 4 is 11.6 Å². The summed E-state index contributed by atoms with van der Waals surface area (Å²) in [6.07, 6.45) is 2.26. The summed E-state index contributed by atoms with van der Waals surface area (Å²) < 4.78 is 17.2. The lowest BCUT2D eigenvalue weighted by molar-refractivity contribution is -0.122. The van der Waals surface area contributed by atoms with Crippen LogP contribution in [0.3, 0.4) is 0 Å². The van der Waals surface area contributed by atoms with Crippen molar-refractivity contribution in [2.24, 2.45) is 5.92 Å². The Morgan fingerprint density at radius 1 is 1.00 bits per heavy atom. The minimum Gasteiger partial charge on any atom is -0.491 e. The van der Waals surface area contributed by atoms with Gasteiger partial charge in [0.15, 0.2) is 11.5 Å². The van der Waals surface area contributed by atoms with Gasteiger partial charge in [-0.05, 0) is 63.4 Å². The number of anilines is 1. The van der Waals surface area contributed by atoms with Crippen molar-refractivity contribution in [1.29, 1.82) is 0 Å². The van der Waals surface area contributed by atoms with E-state index in [9.17, 15) is 4.79 Å². The van der Waals surface area contributed by atoms with Gasteiger partial charge in [0, 0.05) is 29.9 Å². The zero-order valence-electron chi connectivity index (χ0n) is 18.1. The predicted octanol–water partition coefficient (Wildman–Crippen LogP) is 3.56. The molecule has 162 valence electrons. The van der Waals surface area contributed by atoms with Gasteiger partial charge in [0.1, 0.15) is 17.8 Å². The Bertz CT molecular complexity index is 1040. The highest BCUT2D eigenvalue weighted by atomic mass is 16.7. The number of likely N-dealkylation sites (tertiary alicyclic amines) is 1. The Morgan fingerprint density at radius 2 is 1.74 bits per heavy atom. The van der Waals surface area contributed by atoms with Crippen LogP contribution < -0.4 is 19.1 Å². The average Bonchev–Trinajstić information content (AvgIpc) is 3.45. The molecule has 1 saturated heterocycles. The van der Waals surface area contributed by atoms with Crippen LogP contribution in [0, 0.1) is 5.92 Å². The molecule has 6 heteroatoms. The van der Waals surface area contributed by atoms with Gasteiger partial charge in [-0.25, -0.2) is 0 Å². The smallest absolute Gasteiger partial charge is 0.245 e. The second kappa shape index (κ2) is 6.89. The summed E-state index contributed by atoms with van der Waals surface area (Å²) in [5, 5.41) is 0. The van der Waals surface area contributed by atoms with Crippen LogP contribution in [0.5, 0.6) is 17.2 Å². The van der Waals surface area contributed by atoms with E-state index in [2.05, 4.69) is 30.9 Å². The standard InChI is InChI=1S/C25H28N2O4/c1-16(2)26-9-7-17(8-10-26)13-27-20-6-4-3-5-18(20)25(24(27)28)14-29-21-12-23-22(11-19(21)25)30-15-31-23/h3-6,11-12,16-17H,7-10,13-15H2,1-2H3. The Labute approximate surface area is 182 Å². The molecule has 2 aromatic carbocycles. The van der Waals surface area contributed by atoms with Gasteiger partial charge in [0.25, 0.3) is 0 Å². The number of amides is 1. The lowest BCUT2D eigenvalue weighted by Gasteiger charge is -2.36. The second-order valence-corrected chi connectivity index (χ2v) is 9.40. The van der Waals surface area contributed by atoms with Crippen LogP contribution in [0.1, 0.15) is 37.8 Å². The molecular formula is C25H28N2O4. The molecule has 4 aliphatic rings. The Balaban J connectivity index is 1.35. The van der Waals surface area contributed by atoms with Crippen molar-refractivity contribution in [1.82, 2.24) is 4.90 Å². The van der Waals surface area contributed by atoms with Gasteiger partial charge >= 0.3 is 0 Å². The number of piperidine rings is 1. The van der Waals surface area contributed by atoms with Crippen molar-refractivity contribution in [3.8, 4) is 17.2 Å². The summed E-state index contributed by atoms with van der Waals surface area (Å²) in [7, 11) is 0. The van der Waals surface area contributed by atoms with Gasteiger partial charge in [-0.1, -0.05) is 18.2 Å². The van der Waals surface area contributed by atoms with Gasteiger partial charge in [0.2, 0.25) is 12.7 Å². The van der Waals surface area contributed by atoms with Gasteiger partial charge in [0.05, 0.1) is 0 Å². The number of nitrogens with zero attached hydrogens (tertiary/aromatic N) is 2. The minimum absolute atomic E-state index is 0.123.